The SMILES string of the molecule is C=CCN1C(=O)/C(=C/c2cccc(OCCCOc3ccccc3Cl)c2)SC1=S. The topological polar surface area (TPSA) is 38.8 Å². The Kier molecular flexibility index (Phi) is 7.75. The van der Waals surface area contributed by atoms with E-state index in [2.05, 4.69) is 6.58 Å². The molecule has 2 aromatic rings. The third-order valence-corrected chi connectivity index (χ3v) is 5.68. The van der Waals surface area contributed by atoms with E-state index in [4.69, 9.17) is 33.3 Å². The highest BCUT2D eigenvalue weighted by molar-refractivity contribution is 8.26. The Balaban J connectivity index is 1.52. The van der Waals surface area contributed by atoms with Crippen LogP contribution in [0.25, 0.3) is 6.08 Å². The maximum absolute atomic E-state index is 12.4. The highest BCUT2D eigenvalue weighted by atomic mass is 35.5. The zero-order valence-corrected chi connectivity index (χ0v) is 18.1. The molecule has 0 atom stereocenters. The molecule has 0 N–H and O–H groups in total. The standard InChI is InChI=1S/C22H20ClNO3S2/c1-2-11-24-21(25)20(29-22(24)28)15-16-7-5-8-17(14-16)26-12-6-13-27-19-10-4-3-9-18(19)23/h2-5,7-10,14-15H,1,6,11-13H2/b20-15-. The van der Waals surface area contributed by atoms with Crippen molar-refractivity contribution in [3.05, 3.63) is 76.7 Å². The van der Waals surface area contributed by atoms with Gasteiger partial charge in [0, 0.05) is 13.0 Å². The van der Waals surface area contributed by atoms with Gasteiger partial charge in [0.15, 0.2) is 0 Å². The third kappa shape index (κ3) is 5.85. The molecule has 3 rings (SSSR count). The van der Waals surface area contributed by atoms with Crippen LogP contribution in [0.3, 0.4) is 0 Å². The third-order valence-electron chi connectivity index (χ3n) is 3.99. The van der Waals surface area contributed by atoms with Crippen LogP contribution >= 0.6 is 35.6 Å². The number of para-hydroxylation sites is 1. The number of halogens is 1. The van der Waals surface area contributed by atoms with E-state index in [0.717, 1.165) is 17.7 Å². The van der Waals surface area contributed by atoms with Gasteiger partial charge >= 0.3 is 0 Å². The molecule has 1 saturated heterocycles. The van der Waals surface area contributed by atoms with Crippen LogP contribution in [-0.4, -0.2) is 34.9 Å². The fourth-order valence-corrected chi connectivity index (χ4v) is 4.09. The van der Waals surface area contributed by atoms with Gasteiger partial charge in [-0.3, -0.25) is 9.69 Å². The van der Waals surface area contributed by atoms with Gasteiger partial charge in [-0.05, 0) is 35.9 Å². The monoisotopic (exact) mass is 445 g/mol. The molecule has 1 amide bonds. The van der Waals surface area contributed by atoms with Crippen LogP contribution in [0.1, 0.15) is 12.0 Å². The smallest absolute Gasteiger partial charge is 0.266 e. The average molecular weight is 446 g/mol. The minimum atomic E-state index is -0.0945. The number of ether oxygens (including phenoxy) is 2. The first-order valence-electron chi connectivity index (χ1n) is 9.05. The highest BCUT2D eigenvalue weighted by Crippen LogP contribution is 2.32. The lowest BCUT2D eigenvalue weighted by atomic mass is 10.2. The van der Waals surface area contributed by atoms with Crippen LogP contribution in [0.15, 0.2) is 66.1 Å². The van der Waals surface area contributed by atoms with Crippen LogP contribution in [0, 0.1) is 0 Å². The van der Waals surface area contributed by atoms with Crippen LogP contribution in [-0.2, 0) is 4.79 Å². The second-order valence-electron chi connectivity index (χ2n) is 6.13. The number of thioether (sulfide) groups is 1. The number of thiocarbonyl (C=S) groups is 1. The predicted octanol–water partition coefficient (Wildman–Crippen LogP) is 5.58. The molecule has 29 heavy (non-hydrogen) atoms. The van der Waals surface area contributed by atoms with Crippen molar-refractivity contribution < 1.29 is 14.3 Å². The molecule has 0 spiro atoms. The van der Waals surface area contributed by atoms with E-state index in [-0.39, 0.29) is 5.91 Å². The molecule has 0 radical (unpaired) electrons. The van der Waals surface area contributed by atoms with E-state index >= 15 is 0 Å². The van der Waals surface area contributed by atoms with E-state index < -0.39 is 0 Å². The lowest BCUT2D eigenvalue weighted by molar-refractivity contribution is -0.121. The number of nitrogens with zero attached hydrogens (tertiary/aromatic N) is 1. The molecular formula is C22H20ClNO3S2. The van der Waals surface area contributed by atoms with E-state index in [1.807, 2.05) is 48.5 Å². The van der Waals surface area contributed by atoms with E-state index in [9.17, 15) is 4.79 Å². The number of hydrogen-bond acceptors (Lipinski definition) is 5. The molecule has 0 aliphatic carbocycles. The summed E-state index contributed by atoms with van der Waals surface area (Å²) in [6.07, 6.45) is 4.21. The van der Waals surface area contributed by atoms with Gasteiger partial charge in [0.2, 0.25) is 0 Å². The lowest BCUT2D eigenvalue weighted by Gasteiger charge is -2.10. The summed E-state index contributed by atoms with van der Waals surface area (Å²) >= 11 is 12.6. The summed E-state index contributed by atoms with van der Waals surface area (Å²) in [7, 11) is 0. The lowest BCUT2D eigenvalue weighted by Crippen LogP contribution is -2.27. The van der Waals surface area contributed by atoms with Crippen molar-refractivity contribution in [3.8, 4) is 11.5 Å². The van der Waals surface area contributed by atoms with Gasteiger partial charge in [-0.2, -0.15) is 0 Å². The van der Waals surface area contributed by atoms with Crippen molar-refractivity contribution in [2.45, 2.75) is 6.42 Å². The molecule has 1 aliphatic heterocycles. The Morgan fingerprint density at radius 1 is 1.14 bits per heavy atom. The predicted molar refractivity (Wildman–Crippen MR) is 124 cm³/mol. The molecule has 0 aromatic heterocycles. The maximum Gasteiger partial charge on any atom is 0.266 e. The number of rotatable bonds is 9. The maximum atomic E-state index is 12.4. The fraction of sp³-hybridized carbons (Fsp3) is 0.182. The Bertz CT molecular complexity index is 945. The second kappa shape index (κ2) is 10.5. The van der Waals surface area contributed by atoms with Crippen LogP contribution in [0.2, 0.25) is 5.02 Å². The van der Waals surface area contributed by atoms with Crippen LogP contribution in [0.4, 0.5) is 0 Å². The van der Waals surface area contributed by atoms with E-state index in [1.54, 1.807) is 12.1 Å². The second-order valence-corrected chi connectivity index (χ2v) is 8.22. The van der Waals surface area contributed by atoms with E-state index in [0.29, 0.717) is 39.8 Å². The number of carbonyl (C=O) groups is 1. The van der Waals surface area contributed by atoms with Crippen molar-refractivity contribution in [1.29, 1.82) is 0 Å². The van der Waals surface area contributed by atoms with Gasteiger partial charge in [0.05, 0.1) is 23.1 Å². The molecule has 0 bridgehead atoms. The molecule has 150 valence electrons. The first kappa shape index (κ1) is 21.4. The molecule has 1 fully saturated rings. The Labute approximate surface area is 185 Å². The number of hydrogen-bond donors (Lipinski definition) is 0. The zero-order valence-electron chi connectivity index (χ0n) is 15.7. The van der Waals surface area contributed by atoms with Crippen molar-refractivity contribution in [1.82, 2.24) is 4.90 Å². The van der Waals surface area contributed by atoms with Gasteiger partial charge in [0.25, 0.3) is 5.91 Å². The zero-order chi connectivity index (χ0) is 20.6. The molecule has 1 aliphatic rings. The molecule has 2 aromatic carbocycles. The summed E-state index contributed by atoms with van der Waals surface area (Å²) in [6, 6.07) is 15.0. The molecule has 7 heteroatoms. The number of benzene rings is 2. The van der Waals surface area contributed by atoms with Gasteiger partial charge in [-0.1, -0.05) is 65.9 Å². The summed E-state index contributed by atoms with van der Waals surface area (Å²) in [5.41, 5.74) is 0.883. The quantitative estimate of drug-likeness (QED) is 0.218. The highest BCUT2D eigenvalue weighted by Gasteiger charge is 2.30. The Morgan fingerprint density at radius 3 is 2.72 bits per heavy atom. The van der Waals surface area contributed by atoms with Gasteiger partial charge in [-0.15, -0.1) is 6.58 Å². The fourth-order valence-electron chi connectivity index (χ4n) is 2.62. The Hall–Kier alpha value is -2.28. The van der Waals surface area contributed by atoms with Gasteiger partial charge in [0.1, 0.15) is 15.8 Å². The normalized spacial score (nSPS) is 15.1. The first-order chi connectivity index (χ1) is 14.1. The minimum absolute atomic E-state index is 0.0945. The molecule has 0 unspecified atom stereocenters. The van der Waals surface area contributed by atoms with Crippen molar-refractivity contribution >= 4 is 51.9 Å². The summed E-state index contributed by atoms with van der Waals surface area (Å²) < 4.78 is 12.0. The Morgan fingerprint density at radius 2 is 1.93 bits per heavy atom. The van der Waals surface area contributed by atoms with Gasteiger partial charge in [-0.25, -0.2) is 0 Å². The number of amides is 1. The van der Waals surface area contributed by atoms with Crippen LogP contribution in [0.5, 0.6) is 11.5 Å². The van der Waals surface area contributed by atoms with E-state index in [1.165, 1.54) is 16.7 Å². The molecule has 1 heterocycles. The van der Waals surface area contributed by atoms with Crippen molar-refractivity contribution in [3.63, 3.8) is 0 Å². The summed E-state index contributed by atoms with van der Waals surface area (Å²) in [5, 5.41) is 0.597. The largest absolute Gasteiger partial charge is 0.493 e. The molecular weight excluding hydrogens is 426 g/mol. The summed E-state index contributed by atoms with van der Waals surface area (Å²) in [6.45, 7) is 5.10. The van der Waals surface area contributed by atoms with Gasteiger partial charge < -0.3 is 9.47 Å². The van der Waals surface area contributed by atoms with Crippen molar-refractivity contribution in [2.24, 2.45) is 0 Å². The minimum Gasteiger partial charge on any atom is -0.493 e. The first-order valence-corrected chi connectivity index (χ1v) is 10.6. The van der Waals surface area contributed by atoms with Crippen LogP contribution < -0.4 is 9.47 Å². The summed E-state index contributed by atoms with van der Waals surface area (Å²) in [5.74, 6) is 1.31. The average Bonchev–Trinajstić information content (AvgIpc) is 2.97. The molecule has 0 saturated carbocycles. The number of carbonyl (C=O) groups excluding carboxylic acids is 1. The molecule has 4 nitrogen and oxygen atoms in total. The summed E-state index contributed by atoms with van der Waals surface area (Å²) in [4.78, 5) is 14.6. The van der Waals surface area contributed by atoms with Crippen molar-refractivity contribution in [2.75, 3.05) is 19.8 Å².